The van der Waals surface area contributed by atoms with Crippen LogP contribution in [0, 0.1) is 6.92 Å². The third-order valence-electron chi connectivity index (χ3n) is 4.60. The van der Waals surface area contributed by atoms with Crippen LogP contribution in [0.25, 0.3) is 0 Å². The van der Waals surface area contributed by atoms with Gasteiger partial charge >= 0.3 is 30.0 Å². The summed E-state index contributed by atoms with van der Waals surface area (Å²) < 4.78 is 91.7. The van der Waals surface area contributed by atoms with E-state index in [2.05, 4.69) is 9.47 Å². The summed E-state index contributed by atoms with van der Waals surface area (Å²) in [6, 6.07) is 1.81. The fourth-order valence-corrected chi connectivity index (χ4v) is 2.79. The molecule has 0 unspecified atom stereocenters. The summed E-state index contributed by atoms with van der Waals surface area (Å²) in [5, 5.41) is 13.5. The summed E-state index contributed by atoms with van der Waals surface area (Å²) >= 11 is 0. The maximum atomic E-state index is 14.1. The van der Waals surface area contributed by atoms with E-state index in [1.807, 2.05) is 5.32 Å². The molecule has 0 spiro atoms. The Morgan fingerprint density at radius 3 is 1.85 bits per heavy atom. The SMILES string of the molecule is CCOC(=O)[C@](NC(=O)CC)(Nc1ccc([C@](O)(C(=O)OCC)C(F)(F)F)cc1C)C(F)(F)F. The van der Waals surface area contributed by atoms with Gasteiger partial charge in [-0.1, -0.05) is 19.1 Å². The van der Waals surface area contributed by atoms with Crippen molar-refractivity contribution in [1.82, 2.24) is 5.32 Å². The van der Waals surface area contributed by atoms with E-state index in [1.54, 1.807) is 0 Å². The third kappa shape index (κ3) is 5.54. The number of hydrogen-bond acceptors (Lipinski definition) is 7. The second-order valence-corrected chi connectivity index (χ2v) is 6.95. The fourth-order valence-electron chi connectivity index (χ4n) is 2.79. The van der Waals surface area contributed by atoms with Crippen molar-refractivity contribution in [3.63, 3.8) is 0 Å². The quantitative estimate of drug-likeness (QED) is 0.270. The molecular formula is C20H24F6N2O6. The van der Waals surface area contributed by atoms with Gasteiger partial charge in [0.1, 0.15) is 0 Å². The summed E-state index contributed by atoms with van der Waals surface area (Å²) in [4.78, 5) is 36.1. The first kappa shape index (κ1) is 29.0. The molecule has 34 heavy (non-hydrogen) atoms. The largest absolute Gasteiger partial charge is 0.463 e. The minimum Gasteiger partial charge on any atom is -0.463 e. The van der Waals surface area contributed by atoms with Gasteiger partial charge in [0, 0.05) is 17.7 Å². The van der Waals surface area contributed by atoms with Gasteiger partial charge in [0.2, 0.25) is 5.91 Å². The fraction of sp³-hybridized carbons (Fsp3) is 0.550. The van der Waals surface area contributed by atoms with Crippen molar-refractivity contribution < 1.29 is 55.3 Å². The number of carbonyl (C=O) groups excluding carboxylic acids is 3. The Labute approximate surface area is 190 Å². The highest BCUT2D eigenvalue weighted by Crippen LogP contribution is 2.42. The van der Waals surface area contributed by atoms with Crippen molar-refractivity contribution in [2.45, 2.75) is 57.7 Å². The lowest BCUT2D eigenvalue weighted by molar-refractivity contribution is -0.267. The molecule has 2 atom stereocenters. The van der Waals surface area contributed by atoms with E-state index in [0.29, 0.717) is 18.2 Å². The van der Waals surface area contributed by atoms with Gasteiger partial charge in [0.05, 0.1) is 13.2 Å². The van der Waals surface area contributed by atoms with E-state index in [4.69, 9.17) is 0 Å². The third-order valence-corrected chi connectivity index (χ3v) is 4.60. The van der Waals surface area contributed by atoms with Gasteiger partial charge in [-0.25, -0.2) is 9.59 Å². The number of rotatable bonds is 9. The molecule has 0 saturated heterocycles. The van der Waals surface area contributed by atoms with E-state index in [9.17, 15) is 45.8 Å². The zero-order valence-electron chi connectivity index (χ0n) is 18.6. The molecule has 0 aliphatic carbocycles. The van der Waals surface area contributed by atoms with Crippen molar-refractivity contribution in [3.8, 4) is 0 Å². The standard InChI is InChI=1S/C20H24F6N2O6/c1-5-14(29)28-18(20(24,25)26,16(31)34-7-3)27-13-9-8-12(10-11(13)4)17(32,19(21,22)23)15(30)33-6-2/h8-10,27,32H,5-7H2,1-4H3,(H,28,29)/t17-,18+/m0/s1. The van der Waals surface area contributed by atoms with Crippen LogP contribution in [0.15, 0.2) is 18.2 Å². The Morgan fingerprint density at radius 1 is 0.912 bits per heavy atom. The van der Waals surface area contributed by atoms with Gasteiger partial charge in [-0.3, -0.25) is 4.79 Å². The highest BCUT2D eigenvalue weighted by atomic mass is 19.4. The summed E-state index contributed by atoms with van der Waals surface area (Å²) in [6.45, 7) is 3.77. The number of aryl methyl sites for hydroxylation is 1. The average molecular weight is 502 g/mol. The highest BCUT2D eigenvalue weighted by molar-refractivity contribution is 5.91. The minimum absolute atomic E-state index is 0.340. The van der Waals surface area contributed by atoms with E-state index in [1.165, 1.54) is 26.1 Å². The monoisotopic (exact) mass is 502 g/mol. The van der Waals surface area contributed by atoms with Gasteiger partial charge in [-0.2, -0.15) is 26.3 Å². The van der Waals surface area contributed by atoms with Crippen LogP contribution < -0.4 is 10.6 Å². The molecule has 1 rings (SSSR count). The van der Waals surface area contributed by atoms with E-state index in [0.717, 1.165) is 6.92 Å². The van der Waals surface area contributed by atoms with Crippen LogP contribution in [0.2, 0.25) is 0 Å². The molecule has 0 heterocycles. The number of carbonyl (C=O) groups is 3. The molecule has 3 N–H and O–H groups in total. The number of benzene rings is 1. The molecule has 0 radical (unpaired) electrons. The van der Waals surface area contributed by atoms with Crippen LogP contribution in [0.3, 0.4) is 0 Å². The number of esters is 2. The van der Waals surface area contributed by atoms with E-state index < -0.39 is 72.3 Å². The normalized spacial score (nSPS) is 15.5. The molecule has 0 aromatic heterocycles. The molecule has 1 aromatic rings. The van der Waals surface area contributed by atoms with Crippen molar-refractivity contribution in [3.05, 3.63) is 29.3 Å². The number of alkyl halides is 6. The smallest absolute Gasteiger partial charge is 0.441 e. The zero-order chi connectivity index (χ0) is 26.5. The predicted octanol–water partition coefficient (Wildman–Crippen LogP) is 3.07. The number of aliphatic hydroxyl groups is 1. The van der Waals surface area contributed by atoms with Crippen LogP contribution in [-0.4, -0.2) is 54.2 Å². The zero-order valence-corrected chi connectivity index (χ0v) is 18.6. The Hall–Kier alpha value is -3.03. The first-order valence-electron chi connectivity index (χ1n) is 9.92. The summed E-state index contributed by atoms with van der Waals surface area (Å²) in [7, 11) is 0. The van der Waals surface area contributed by atoms with Crippen molar-refractivity contribution >= 4 is 23.5 Å². The van der Waals surface area contributed by atoms with E-state index >= 15 is 0 Å². The predicted molar refractivity (Wildman–Crippen MR) is 105 cm³/mol. The minimum atomic E-state index is -5.53. The molecule has 0 fully saturated rings. The van der Waals surface area contributed by atoms with Crippen LogP contribution in [0.4, 0.5) is 32.0 Å². The first-order chi connectivity index (χ1) is 15.5. The summed E-state index contributed by atoms with van der Waals surface area (Å²) in [6.07, 6.45) is -11.4. The second-order valence-electron chi connectivity index (χ2n) is 6.95. The van der Waals surface area contributed by atoms with Crippen LogP contribution in [-0.2, 0) is 29.5 Å². The molecule has 0 aliphatic heterocycles. The van der Waals surface area contributed by atoms with Gasteiger partial charge in [0.15, 0.2) is 0 Å². The Balaban J connectivity index is 3.65. The Kier molecular flexibility index (Phi) is 8.95. The lowest BCUT2D eigenvalue weighted by atomic mass is 9.91. The molecule has 1 amide bonds. The van der Waals surface area contributed by atoms with Crippen LogP contribution >= 0.6 is 0 Å². The Morgan fingerprint density at radius 2 is 1.44 bits per heavy atom. The maximum absolute atomic E-state index is 14.1. The number of nitrogens with one attached hydrogen (secondary N) is 2. The first-order valence-corrected chi connectivity index (χ1v) is 9.92. The van der Waals surface area contributed by atoms with Crippen LogP contribution in [0.5, 0.6) is 0 Å². The number of anilines is 1. The van der Waals surface area contributed by atoms with Gasteiger partial charge in [0.25, 0.3) is 5.60 Å². The lowest BCUT2D eigenvalue weighted by Gasteiger charge is -2.36. The molecule has 0 bridgehead atoms. The highest BCUT2D eigenvalue weighted by Gasteiger charge is 2.64. The van der Waals surface area contributed by atoms with Gasteiger partial charge in [-0.05, 0) is 32.4 Å². The van der Waals surface area contributed by atoms with Crippen molar-refractivity contribution in [2.75, 3.05) is 18.5 Å². The molecule has 1 aromatic carbocycles. The van der Waals surface area contributed by atoms with Crippen LogP contribution in [0.1, 0.15) is 38.3 Å². The average Bonchev–Trinajstić information content (AvgIpc) is 2.72. The topological polar surface area (TPSA) is 114 Å². The van der Waals surface area contributed by atoms with Crippen molar-refractivity contribution in [2.24, 2.45) is 0 Å². The molecule has 0 saturated carbocycles. The summed E-state index contributed by atoms with van der Waals surface area (Å²) in [5.41, 5.74) is -9.80. The number of ether oxygens (including phenoxy) is 2. The Bertz CT molecular complexity index is 920. The van der Waals surface area contributed by atoms with E-state index in [-0.39, 0.29) is 5.56 Å². The molecule has 8 nitrogen and oxygen atoms in total. The number of halogens is 6. The molecule has 0 aliphatic rings. The van der Waals surface area contributed by atoms with Gasteiger partial charge in [-0.15, -0.1) is 0 Å². The molecule has 192 valence electrons. The molecule has 14 heteroatoms. The lowest BCUT2D eigenvalue weighted by Crippen LogP contribution is -2.69. The van der Waals surface area contributed by atoms with Crippen molar-refractivity contribution in [1.29, 1.82) is 0 Å². The van der Waals surface area contributed by atoms with Gasteiger partial charge < -0.3 is 25.2 Å². The number of amides is 1. The summed E-state index contributed by atoms with van der Waals surface area (Å²) in [5.74, 6) is -5.12. The number of hydrogen-bond donors (Lipinski definition) is 3. The molecular weight excluding hydrogens is 478 g/mol. The second kappa shape index (κ2) is 10.5. The maximum Gasteiger partial charge on any atom is 0.441 e.